The van der Waals surface area contributed by atoms with Gasteiger partial charge in [-0.2, -0.15) is 11.8 Å². The fourth-order valence-corrected chi connectivity index (χ4v) is 3.53. The number of nitrogens with one attached hydrogen (secondary N) is 1. The van der Waals surface area contributed by atoms with Gasteiger partial charge < -0.3 is 10.4 Å². The van der Waals surface area contributed by atoms with Crippen LogP contribution in [0.15, 0.2) is 22.7 Å². The first kappa shape index (κ1) is 14.8. The number of halogens is 2. The van der Waals surface area contributed by atoms with Crippen molar-refractivity contribution in [3.8, 4) is 0 Å². The molecule has 1 aromatic carbocycles. The van der Waals surface area contributed by atoms with Gasteiger partial charge in [0.15, 0.2) is 0 Å². The Labute approximate surface area is 124 Å². The predicted octanol–water partition coefficient (Wildman–Crippen LogP) is 2.58. The van der Waals surface area contributed by atoms with Crippen molar-refractivity contribution in [2.75, 3.05) is 18.1 Å². The zero-order valence-corrected chi connectivity index (χ0v) is 12.7. The smallest absolute Gasteiger partial charge is 0.254 e. The largest absolute Gasteiger partial charge is 0.388 e. The van der Waals surface area contributed by atoms with E-state index >= 15 is 0 Å². The van der Waals surface area contributed by atoms with Gasteiger partial charge in [0.1, 0.15) is 5.82 Å². The summed E-state index contributed by atoms with van der Waals surface area (Å²) in [6.45, 7) is 0.169. The molecule has 1 fully saturated rings. The highest BCUT2D eigenvalue weighted by atomic mass is 79.9. The van der Waals surface area contributed by atoms with Crippen LogP contribution in [0, 0.1) is 5.82 Å². The quantitative estimate of drug-likeness (QED) is 0.883. The SMILES string of the molecule is O=C(NCC1(O)CCSCC1)c1ccc(Br)cc1F. The standard InChI is InChI=1S/C13H15BrFNO2S/c14-9-1-2-10(11(15)7-9)12(17)16-8-13(18)3-5-19-6-4-13/h1-2,7,18H,3-6,8H2,(H,16,17). The number of rotatable bonds is 3. The average molecular weight is 348 g/mol. The molecule has 0 bridgehead atoms. The van der Waals surface area contributed by atoms with Crippen LogP contribution < -0.4 is 5.32 Å². The Kier molecular flexibility index (Phi) is 4.86. The summed E-state index contributed by atoms with van der Waals surface area (Å²) in [5.74, 6) is 0.715. The molecule has 2 N–H and O–H groups in total. The van der Waals surface area contributed by atoms with Crippen molar-refractivity contribution in [2.24, 2.45) is 0 Å². The second kappa shape index (κ2) is 6.24. The molecule has 104 valence electrons. The van der Waals surface area contributed by atoms with Crippen LogP contribution in [0.5, 0.6) is 0 Å². The molecule has 1 amide bonds. The fraction of sp³-hybridized carbons (Fsp3) is 0.462. The zero-order valence-electron chi connectivity index (χ0n) is 10.3. The minimum Gasteiger partial charge on any atom is -0.388 e. The van der Waals surface area contributed by atoms with E-state index in [2.05, 4.69) is 21.2 Å². The van der Waals surface area contributed by atoms with Gasteiger partial charge >= 0.3 is 0 Å². The van der Waals surface area contributed by atoms with E-state index in [1.54, 1.807) is 17.8 Å². The molecule has 1 aliphatic heterocycles. The van der Waals surface area contributed by atoms with Gasteiger partial charge in [-0.15, -0.1) is 0 Å². The van der Waals surface area contributed by atoms with Crippen molar-refractivity contribution in [1.29, 1.82) is 0 Å². The Morgan fingerprint density at radius 3 is 2.79 bits per heavy atom. The van der Waals surface area contributed by atoms with E-state index in [4.69, 9.17) is 0 Å². The van der Waals surface area contributed by atoms with Crippen LogP contribution >= 0.6 is 27.7 Å². The number of thioether (sulfide) groups is 1. The molecular formula is C13H15BrFNO2S. The maximum atomic E-state index is 13.6. The summed E-state index contributed by atoms with van der Waals surface area (Å²) >= 11 is 4.94. The van der Waals surface area contributed by atoms with Gasteiger partial charge in [-0.25, -0.2) is 4.39 Å². The Morgan fingerprint density at radius 2 is 2.16 bits per heavy atom. The molecule has 0 radical (unpaired) electrons. The molecule has 0 saturated carbocycles. The summed E-state index contributed by atoms with van der Waals surface area (Å²) in [5, 5.41) is 12.9. The monoisotopic (exact) mass is 347 g/mol. The Balaban J connectivity index is 1.97. The van der Waals surface area contributed by atoms with Crippen molar-refractivity contribution in [2.45, 2.75) is 18.4 Å². The summed E-state index contributed by atoms with van der Waals surface area (Å²) in [4.78, 5) is 11.9. The molecule has 6 heteroatoms. The number of hydrogen-bond acceptors (Lipinski definition) is 3. The number of benzene rings is 1. The van der Waals surface area contributed by atoms with E-state index in [1.807, 2.05) is 0 Å². The normalized spacial score (nSPS) is 18.1. The third-order valence-corrected chi connectivity index (χ3v) is 4.66. The van der Waals surface area contributed by atoms with Gasteiger partial charge in [0, 0.05) is 11.0 Å². The Hall–Kier alpha value is -0.590. The fourth-order valence-electron chi connectivity index (χ4n) is 1.94. The van der Waals surface area contributed by atoms with Gasteiger partial charge in [-0.05, 0) is 42.5 Å². The maximum Gasteiger partial charge on any atom is 0.254 e. The molecule has 0 aromatic heterocycles. The van der Waals surface area contributed by atoms with E-state index in [0.29, 0.717) is 17.3 Å². The Bertz CT molecular complexity index is 478. The third kappa shape index (κ3) is 3.94. The second-order valence-electron chi connectivity index (χ2n) is 4.64. The van der Waals surface area contributed by atoms with Crippen LogP contribution in [0.25, 0.3) is 0 Å². The van der Waals surface area contributed by atoms with Crippen molar-refractivity contribution >= 4 is 33.6 Å². The molecule has 19 heavy (non-hydrogen) atoms. The van der Waals surface area contributed by atoms with E-state index in [0.717, 1.165) is 11.5 Å². The molecule has 0 aliphatic carbocycles. The highest BCUT2D eigenvalue weighted by molar-refractivity contribution is 9.10. The number of aliphatic hydroxyl groups is 1. The highest BCUT2D eigenvalue weighted by Crippen LogP contribution is 2.26. The summed E-state index contributed by atoms with van der Waals surface area (Å²) in [5.41, 5.74) is -0.857. The van der Waals surface area contributed by atoms with Crippen LogP contribution in [0.4, 0.5) is 4.39 Å². The lowest BCUT2D eigenvalue weighted by atomic mass is 9.97. The molecule has 1 aliphatic rings. The highest BCUT2D eigenvalue weighted by Gasteiger charge is 2.30. The minimum absolute atomic E-state index is 0.00279. The van der Waals surface area contributed by atoms with Crippen LogP contribution in [-0.4, -0.2) is 34.7 Å². The van der Waals surface area contributed by atoms with E-state index in [9.17, 15) is 14.3 Å². The van der Waals surface area contributed by atoms with Crippen molar-refractivity contribution < 1.29 is 14.3 Å². The topological polar surface area (TPSA) is 49.3 Å². The van der Waals surface area contributed by atoms with Crippen molar-refractivity contribution in [1.82, 2.24) is 5.32 Å². The minimum atomic E-state index is -0.854. The van der Waals surface area contributed by atoms with E-state index in [1.165, 1.54) is 12.1 Å². The number of amides is 1. The van der Waals surface area contributed by atoms with Crippen LogP contribution in [-0.2, 0) is 0 Å². The first-order valence-corrected chi connectivity index (χ1v) is 7.98. The lowest BCUT2D eigenvalue weighted by Crippen LogP contribution is -2.45. The van der Waals surface area contributed by atoms with Crippen LogP contribution in [0.2, 0.25) is 0 Å². The second-order valence-corrected chi connectivity index (χ2v) is 6.78. The Morgan fingerprint density at radius 1 is 1.47 bits per heavy atom. The molecule has 0 atom stereocenters. The molecule has 1 saturated heterocycles. The van der Waals surface area contributed by atoms with E-state index in [-0.39, 0.29) is 12.1 Å². The molecule has 0 spiro atoms. The van der Waals surface area contributed by atoms with Gasteiger partial charge in [-0.3, -0.25) is 4.79 Å². The molecular weight excluding hydrogens is 333 g/mol. The van der Waals surface area contributed by atoms with Gasteiger partial charge in [-0.1, -0.05) is 15.9 Å². The van der Waals surface area contributed by atoms with Gasteiger partial charge in [0.2, 0.25) is 0 Å². The number of hydrogen-bond donors (Lipinski definition) is 2. The molecule has 1 aromatic rings. The summed E-state index contributed by atoms with van der Waals surface area (Å²) in [6, 6.07) is 4.29. The summed E-state index contributed by atoms with van der Waals surface area (Å²) in [6.07, 6.45) is 1.31. The lowest BCUT2D eigenvalue weighted by molar-refractivity contribution is 0.0310. The predicted molar refractivity (Wildman–Crippen MR) is 77.9 cm³/mol. The van der Waals surface area contributed by atoms with Crippen LogP contribution in [0.3, 0.4) is 0 Å². The summed E-state index contributed by atoms with van der Waals surface area (Å²) in [7, 11) is 0. The first-order chi connectivity index (χ1) is 9.00. The van der Waals surface area contributed by atoms with Gasteiger partial charge in [0.05, 0.1) is 11.2 Å². The average Bonchev–Trinajstić information content (AvgIpc) is 2.37. The number of carbonyl (C=O) groups is 1. The molecule has 3 nitrogen and oxygen atoms in total. The molecule has 0 unspecified atom stereocenters. The van der Waals surface area contributed by atoms with Crippen molar-refractivity contribution in [3.63, 3.8) is 0 Å². The zero-order chi connectivity index (χ0) is 13.9. The summed E-state index contributed by atoms with van der Waals surface area (Å²) < 4.78 is 14.2. The molecule has 1 heterocycles. The maximum absolute atomic E-state index is 13.6. The third-order valence-electron chi connectivity index (χ3n) is 3.18. The lowest BCUT2D eigenvalue weighted by Gasteiger charge is -2.31. The van der Waals surface area contributed by atoms with Crippen molar-refractivity contribution in [3.05, 3.63) is 34.1 Å². The van der Waals surface area contributed by atoms with Crippen LogP contribution in [0.1, 0.15) is 23.2 Å². The van der Waals surface area contributed by atoms with E-state index < -0.39 is 17.3 Å². The van der Waals surface area contributed by atoms with Gasteiger partial charge in [0.25, 0.3) is 5.91 Å². The molecule has 2 rings (SSSR count). The first-order valence-electron chi connectivity index (χ1n) is 6.04. The number of carbonyl (C=O) groups excluding carboxylic acids is 1.